The second kappa shape index (κ2) is 3.81. The van der Waals surface area contributed by atoms with Gasteiger partial charge in [0, 0.05) is 0 Å². The molecule has 1 rings (SSSR count). The minimum absolute atomic E-state index is 0.769. The fourth-order valence-electron chi connectivity index (χ4n) is 2.74. The van der Waals surface area contributed by atoms with E-state index in [1.807, 2.05) is 0 Å². The van der Waals surface area contributed by atoms with Crippen LogP contribution < -0.4 is 0 Å². The lowest BCUT2D eigenvalue weighted by molar-refractivity contribution is 0.209. The van der Waals surface area contributed by atoms with Crippen molar-refractivity contribution in [1.82, 2.24) is 0 Å². The Bertz CT molecular complexity index is 133. The van der Waals surface area contributed by atoms with Crippen molar-refractivity contribution in [2.24, 2.45) is 17.3 Å². The van der Waals surface area contributed by atoms with E-state index in [-0.39, 0.29) is 0 Å². The standard InChI is InChI=1S/C12H24/c1-5-7-11(4)12(8-9-12)10(3)6-2/h10-11H,5-9H2,1-4H3. The first-order valence-electron chi connectivity index (χ1n) is 5.67. The summed E-state index contributed by atoms with van der Waals surface area (Å²) in [5.41, 5.74) is 0.769. The number of rotatable bonds is 5. The van der Waals surface area contributed by atoms with Gasteiger partial charge in [0.1, 0.15) is 0 Å². The molecule has 1 aliphatic rings. The zero-order valence-corrected chi connectivity index (χ0v) is 9.19. The van der Waals surface area contributed by atoms with Crippen LogP contribution in [0.1, 0.15) is 59.8 Å². The molecular weight excluding hydrogens is 144 g/mol. The van der Waals surface area contributed by atoms with E-state index in [1.165, 1.54) is 32.1 Å². The molecule has 1 aliphatic carbocycles. The van der Waals surface area contributed by atoms with E-state index in [0.717, 1.165) is 17.3 Å². The molecule has 0 spiro atoms. The third-order valence-electron chi connectivity index (χ3n) is 4.12. The van der Waals surface area contributed by atoms with Crippen LogP contribution in [0, 0.1) is 17.3 Å². The van der Waals surface area contributed by atoms with Gasteiger partial charge in [-0.2, -0.15) is 0 Å². The lowest BCUT2D eigenvalue weighted by Crippen LogP contribution is -2.20. The van der Waals surface area contributed by atoms with Crippen LogP contribution in [-0.2, 0) is 0 Å². The maximum Gasteiger partial charge on any atom is -0.0246 e. The van der Waals surface area contributed by atoms with Crippen LogP contribution in [0.2, 0.25) is 0 Å². The molecule has 1 fully saturated rings. The SMILES string of the molecule is CCCC(C)C1(C(C)CC)CC1. The van der Waals surface area contributed by atoms with Gasteiger partial charge in [-0.05, 0) is 30.1 Å². The van der Waals surface area contributed by atoms with E-state index in [0.29, 0.717) is 0 Å². The van der Waals surface area contributed by atoms with Gasteiger partial charge in [-0.25, -0.2) is 0 Å². The molecule has 0 aliphatic heterocycles. The summed E-state index contributed by atoms with van der Waals surface area (Å²) in [5, 5.41) is 0. The molecule has 0 heteroatoms. The number of hydrogen-bond donors (Lipinski definition) is 0. The Morgan fingerprint density at radius 1 is 1.08 bits per heavy atom. The van der Waals surface area contributed by atoms with Crippen molar-refractivity contribution in [1.29, 1.82) is 0 Å². The Hall–Kier alpha value is 0. The van der Waals surface area contributed by atoms with E-state index >= 15 is 0 Å². The Morgan fingerprint density at radius 2 is 1.67 bits per heavy atom. The Balaban J connectivity index is 2.47. The predicted octanol–water partition coefficient (Wildman–Crippen LogP) is 4.25. The molecule has 12 heavy (non-hydrogen) atoms. The summed E-state index contributed by atoms with van der Waals surface area (Å²) < 4.78 is 0. The Labute approximate surface area is 77.7 Å². The first-order chi connectivity index (χ1) is 5.67. The van der Waals surface area contributed by atoms with Crippen molar-refractivity contribution in [3.63, 3.8) is 0 Å². The zero-order valence-electron chi connectivity index (χ0n) is 9.19. The highest BCUT2D eigenvalue weighted by atomic mass is 14.5. The highest BCUT2D eigenvalue weighted by Crippen LogP contribution is 2.59. The monoisotopic (exact) mass is 168 g/mol. The van der Waals surface area contributed by atoms with Crippen molar-refractivity contribution < 1.29 is 0 Å². The van der Waals surface area contributed by atoms with Gasteiger partial charge < -0.3 is 0 Å². The highest BCUT2D eigenvalue weighted by molar-refractivity contribution is 4.99. The Morgan fingerprint density at radius 3 is 2.00 bits per heavy atom. The molecule has 0 bridgehead atoms. The maximum atomic E-state index is 2.46. The first kappa shape index (κ1) is 10.1. The van der Waals surface area contributed by atoms with Crippen molar-refractivity contribution in [3.05, 3.63) is 0 Å². The van der Waals surface area contributed by atoms with Crippen LogP contribution in [0.5, 0.6) is 0 Å². The van der Waals surface area contributed by atoms with E-state index in [2.05, 4.69) is 27.7 Å². The lowest BCUT2D eigenvalue weighted by Gasteiger charge is -2.28. The average molecular weight is 168 g/mol. The van der Waals surface area contributed by atoms with Crippen LogP contribution in [-0.4, -0.2) is 0 Å². The molecule has 0 saturated heterocycles. The normalized spacial score (nSPS) is 25.0. The molecule has 0 amide bonds. The quantitative estimate of drug-likeness (QED) is 0.575. The minimum atomic E-state index is 0.769. The fraction of sp³-hybridized carbons (Fsp3) is 1.00. The molecule has 1 saturated carbocycles. The average Bonchev–Trinajstić information content (AvgIpc) is 2.84. The second-order valence-corrected chi connectivity index (χ2v) is 4.73. The lowest BCUT2D eigenvalue weighted by atomic mass is 9.77. The molecule has 0 nitrogen and oxygen atoms in total. The summed E-state index contributed by atoms with van der Waals surface area (Å²) in [5.74, 6) is 1.93. The van der Waals surface area contributed by atoms with Crippen LogP contribution in [0.25, 0.3) is 0 Å². The van der Waals surface area contributed by atoms with Gasteiger partial charge >= 0.3 is 0 Å². The van der Waals surface area contributed by atoms with Gasteiger partial charge in [0.05, 0.1) is 0 Å². The van der Waals surface area contributed by atoms with Gasteiger partial charge in [-0.1, -0.05) is 47.0 Å². The van der Waals surface area contributed by atoms with Crippen LogP contribution in [0.4, 0.5) is 0 Å². The van der Waals surface area contributed by atoms with Crippen molar-refractivity contribution in [2.45, 2.75) is 59.8 Å². The summed E-state index contributed by atoms with van der Waals surface area (Å²) in [6, 6.07) is 0. The highest BCUT2D eigenvalue weighted by Gasteiger charge is 2.49. The Kier molecular flexibility index (Phi) is 3.20. The topological polar surface area (TPSA) is 0 Å². The molecule has 72 valence electrons. The predicted molar refractivity (Wildman–Crippen MR) is 55.2 cm³/mol. The third-order valence-corrected chi connectivity index (χ3v) is 4.12. The van der Waals surface area contributed by atoms with E-state index < -0.39 is 0 Å². The summed E-state index contributed by atoms with van der Waals surface area (Å²) in [4.78, 5) is 0. The second-order valence-electron chi connectivity index (χ2n) is 4.73. The van der Waals surface area contributed by atoms with Crippen molar-refractivity contribution in [2.75, 3.05) is 0 Å². The summed E-state index contributed by atoms with van der Waals surface area (Å²) >= 11 is 0. The molecular formula is C12H24. The molecule has 2 unspecified atom stereocenters. The molecule has 2 atom stereocenters. The van der Waals surface area contributed by atoms with Crippen molar-refractivity contribution >= 4 is 0 Å². The van der Waals surface area contributed by atoms with Gasteiger partial charge in [0.15, 0.2) is 0 Å². The van der Waals surface area contributed by atoms with Gasteiger partial charge in [-0.3, -0.25) is 0 Å². The van der Waals surface area contributed by atoms with Crippen molar-refractivity contribution in [3.8, 4) is 0 Å². The van der Waals surface area contributed by atoms with E-state index in [4.69, 9.17) is 0 Å². The van der Waals surface area contributed by atoms with E-state index in [9.17, 15) is 0 Å². The van der Waals surface area contributed by atoms with Crippen LogP contribution >= 0.6 is 0 Å². The molecule has 0 heterocycles. The summed E-state index contributed by atoms with van der Waals surface area (Å²) in [6.45, 7) is 9.55. The summed E-state index contributed by atoms with van der Waals surface area (Å²) in [7, 11) is 0. The molecule has 0 aromatic rings. The molecule has 0 aromatic heterocycles. The van der Waals surface area contributed by atoms with E-state index in [1.54, 1.807) is 0 Å². The first-order valence-corrected chi connectivity index (χ1v) is 5.67. The van der Waals surface area contributed by atoms with Crippen LogP contribution in [0.15, 0.2) is 0 Å². The third kappa shape index (κ3) is 1.67. The van der Waals surface area contributed by atoms with Gasteiger partial charge in [-0.15, -0.1) is 0 Å². The molecule has 0 N–H and O–H groups in total. The zero-order chi connectivity index (χ0) is 9.19. The largest absolute Gasteiger partial charge is 0.0654 e. The molecule has 0 radical (unpaired) electrons. The summed E-state index contributed by atoms with van der Waals surface area (Å²) in [6.07, 6.45) is 7.17. The van der Waals surface area contributed by atoms with Gasteiger partial charge in [0.2, 0.25) is 0 Å². The molecule has 0 aromatic carbocycles. The fourth-order valence-corrected chi connectivity index (χ4v) is 2.74. The number of hydrogen-bond acceptors (Lipinski definition) is 0. The maximum absolute atomic E-state index is 2.46. The smallest absolute Gasteiger partial charge is 0.0246 e. The minimum Gasteiger partial charge on any atom is -0.0654 e. The van der Waals surface area contributed by atoms with Gasteiger partial charge in [0.25, 0.3) is 0 Å². The van der Waals surface area contributed by atoms with Crippen LogP contribution in [0.3, 0.4) is 0 Å².